The van der Waals surface area contributed by atoms with Crippen LogP contribution in [0.1, 0.15) is 5.56 Å². The van der Waals surface area contributed by atoms with Crippen LogP contribution in [-0.2, 0) is 16.6 Å². The number of sulfonamides is 1. The minimum atomic E-state index is -3.37. The standard InChI is InChI=1S/C10H15BrN2O2S/c1-12-7-8-4-5-10(9(11)6-8)16(14,15)13(2)3/h4-6,12H,7H2,1-3H3. The fraction of sp³-hybridized carbons (Fsp3) is 0.400. The summed E-state index contributed by atoms with van der Waals surface area (Å²) in [4.78, 5) is 0.289. The molecule has 0 aliphatic heterocycles. The molecule has 0 fully saturated rings. The quantitative estimate of drug-likeness (QED) is 0.915. The first-order valence-corrected chi connectivity index (χ1v) is 6.98. The topological polar surface area (TPSA) is 49.4 Å². The van der Waals surface area contributed by atoms with E-state index < -0.39 is 10.0 Å². The Morgan fingerprint density at radius 2 is 2.00 bits per heavy atom. The van der Waals surface area contributed by atoms with Gasteiger partial charge in [0.1, 0.15) is 0 Å². The number of hydrogen-bond acceptors (Lipinski definition) is 3. The van der Waals surface area contributed by atoms with E-state index in [9.17, 15) is 8.42 Å². The Morgan fingerprint density at radius 1 is 1.38 bits per heavy atom. The number of halogens is 1. The smallest absolute Gasteiger partial charge is 0.243 e. The summed E-state index contributed by atoms with van der Waals surface area (Å²) in [5.41, 5.74) is 1.03. The first-order valence-electron chi connectivity index (χ1n) is 4.75. The van der Waals surface area contributed by atoms with E-state index in [0.717, 1.165) is 5.56 Å². The average Bonchev–Trinajstić information content (AvgIpc) is 2.17. The molecule has 4 nitrogen and oxygen atoms in total. The molecule has 0 saturated heterocycles. The summed E-state index contributed by atoms with van der Waals surface area (Å²) in [5, 5.41) is 3.01. The van der Waals surface area contributed by atoms with Gasteiger partial charge in [0.15, 0.2) is 0 Å². The van der Waals surface area contributed by atoms with Crippen LogP contribution in [0.25, 0.3) is 0 Å². The van der Waals surface area contributed by atoms with Crippen LogP contribution in [0.4, 0.5) is 0 Å². The molecule has 90 valence electrons. The van der Waals surface area contributed by atoms with Gasteiger partial charge in [0.2, 0.25) is 10.0 Å². The van der Waals surface area contributed by atoms with Crippen LogP contribution in [0.15, 0.2) is 27.6 Å². The van der Waals surface area contributed by atoms with Crippen molar-refractivity contribution in [2.45, 2.75) is 11.4 Å². The van der Waals surface area contributed by atoms with Gasteiger partial charge in [0.05, 0.1) is 4.90 Å². The SMILES string of the molecule is CNCc1ccc(S(=O)(=O)N(C)C)c(Br)c1. The van der Waals surface area contributed by atoms with Crippen LogP contribution in [0.3, 0.4) is 0 Å². The van der Waals surface area contributed by atoms with Crippen molar-refractivity contribution in [3.05, 3.63) is 28.2 Å². The van der Waals surface area contributed by atoms with E-state index in [2.05, 4.69) is 21.2 Å². The molecule has 0 unspecified atom stereocenters. The third-order valence-electron chi connectivity index (χ3n) is 2.14. The van der Waals surface area contributed by atoms with Crippen molar-refractivity contribution in [1.29, 1.82) is 0 Å². The van der Waals surface area contributed by atoms with E-state index in [1.54, 1.807) is 12.1 Å². The summed E-state index contributed by atoms with van der Waals surface area (Å²) in [6.45, 7) is 0.709. The van der Waals surface area contributed by atoms with Crippen molar-refractivity contribution in [3.63, 3.8) is 0 Å². The molecule has 0 spiro atoms. The highest BCUT2D eigenvalue weighted by Gasteiger charge is 2.20. The van der Waals surface area contributed by atoms with Gasteiger partial charge in [-0.1, -0.05) is 6.07 Å². The Balaban J connectivity index is 3.19. The monoisotopic (exact) mass is 306 g/mol. The Bertz CT molecular complexity index is 472. The van der Waals surface area contributed by atoms with Gasteiger partial charge in [0.25, 0.3) is 0 Å². The molecule has 1 rings (SSSR count). The molecule has 0 heterocycles. The normalized spacial score (nSPS) is 12.1. The van der Waals surface area contributed by atoms with Crippen LogP contribution in [0.2, 0.25) is 0 Å². The van der Waals surface area contributed by atoms with Crippen LogP contribution in [0, 0.1) is 0 Å². The lowest BCUT2D eigenvalue weighted by atomic mass is 10.2. The highest BCUT2D eigenvalue weighted by Crippen LogP contribution is 2.25. The van der Waals surface area contributed by atoms with Crippen LogP contribution >= 0.6 is 15.9 Å². The number of nitrogens with zero attached hydrogens (tertiary/aromatic N) is 1. The predicted octanol–water partition coefficient (Wildman–Crippen LogP) is 1.42. The minimum absolute atomic E-state index is 0.289. The first kappa shape index (κ1) is 13.6. The van der Waals surface area contributed by atoms with Gasteiger partial charge >= 0.3 is 0 Å². The lowest BCUT2D eigenvalue weighted by Gasteiger charge is -2.13. The van der Waals surface area contributed by atoms with Gasteiger partial charge in [-0.25, -0.2) is 12.7 Å². The maximum absolute atomic E-state index is 11.9. The Kier molecular flexibility index (Phi) is 4.49. The molecule has 0 aliphatic carbocycles. The van der Waals surface area contributed by atoms with E-state index in [1.807, 2.05) is 13.1 Å². The summed E-state index contributed by atoms with van der Waals surface area (Å²) in [5.74, 6) is 0. The molecular weight excluding hydrogens is 292 g/mol. The maximum Gasteiger partial charge on any atom is 0.243 e. The minimum Gasteiger partial charge on any atom is -0.316 e. The van der Waals surface area contributed by atoms with E-state index in [1.165, 1.54) is 18.4 Å². The van der Waals surface area contributed by atoms with Crippen LogP contribution in [0.5, 0.6) is 0 Å². The fourth-order valence-electron chi connectivity index (χ4n) is 1.26. The zero-order chi connectivity index (χ0) is 12.3. The van der Waals surface area contributed by atoms with Crippen molar-refractivity contribution in [3.8, 4) is 0 Å². The van der Waals surface area contributed by atoms with E-state index in [0.29, 0.717) is 11.0 Å². The number of benzene rings is 1. The van der Waals surface area contributed by atoms with E-state index in [-0.39, 0.29) is 4.90 Å². The third-order valence-corrected chi connectivity index (χ3v) is 4.93. The summed E-state index contributed by atoms with van der Waals surface area (Å²) >= 11 is 3.29. The summed E-state index contributed by atoms with van der Waals surface area (Å²) in [6, 6.07) is 5.23. The molecule has 0 aliphatic rings. The van der Waals surface area contributed by atoms with Gasteiger partial charge in [-0.15, -0.1) is 0 Å². The molecular formula is C10H15BrN2O2S. The third kappa shape index (κ3) is 2.82. The molecule has 0 radical (unpaired) electrons. The van der Waals surface area contributed by atoms with Crippen molar-refractivity contribution in [1.82, 2.24) is 9.62 Å². The average molecular weight is 307 g/mol. The maximum atomic E-state index is 11.9. The van der Waals surface area contributed by atoms with E-state index >= 15 is 0 Å². The number of nitrogens with one attached hydrogen (secondary N) is 1. The molecule has 0 atom stereocenters. The molecule has 0 bridgehead atoms. The van der Waals surface area contributed by atoms with Gasteiger partial charge in [-0.2, -0.15) is 0 Å². The summed E-state index contributed by atoms with van der Waals surface area (Å²) in [7, 11) is 1.51. The lowest BCUT2D eigenvalue weighted by Crippen LogP contribution is -2.22. The summed E-state index contributed by atoms with van der Waals surface area (Å²) < 4.78 is 25.6. The predicted molar refractivity (Wildman–Crippen MR) is 67.8 cm³/mol. The molecule has 0 aromatic heterocycles. The summed E-state index contributed by atoms with van der Waals surface area (Å²) in [6.07, 6.45) is 0. The molecule has 0 amide bonds. The van der Waals surface area contributed by atoms with Crippen molar-refractivity contribution >= 4 is 26.0 Å². The van der Waals surface area contributed by atoms with Gasteiger partial charge in [-0.3, -0.25) is 0 Å². The lowest BCUT2D eigenvalue weighted by molar-refractivity contribution is 0.520. The second-order valence-electron chi connectivity index (χ2n) is 3.58. The fourth-order valence-corrected chi connectivity index (χ4v) is 3.24. The molecule has 1 aromatic carbocycles. The first-order chi connectivity index (χ1) is 7.39. The van der Waals surface area contributed by atoms with Crippen LogP contribution in [-0.4, -0.2) is 33.9 Å². The Hall–Kier alpha value is -0.430. The largest absolute Gasteiger partial charge is 0.316 e. The number of rotatable bonds is 4. The molecule has 0 saturated carbocycles. The highest BCUT2D eigenvalue weighted by atomic mass is 79.9. The van der Waals surface area contributed by atoms with Gasteiger partial charge in [-0.05, 0) is 40.7 Å². The Morgan fingerprint density at radius 3 is 2.44 bits per heavy atom. The molecule has 16 heavy (non-hydrogen) atoms. The molecule has 1 aromatic rings. The molecule has 1 N–H and O–H groups in total. The van der Waals surface area contributed by atoms with Gasteiger partial charge < -0.3 is 5.32 Å². The number of hydrogen-bond donors (Lipinski definition) is 1. The zero-order valence-electron chi connectivity index (χ0n) is 9.49. The highest BCUT2D eigenvalue weighted by molar-refractivity contribution is 9.10. The van der Waals surface area contributed by atoms with E-state index in [4.69, 9.17) is 0 Å². The van der Waals surface area contributed by atoms with Gasteiger partial charge in [0, 0.05) is 25.1 Å². The zero-order valence-corrected chi connectivity index (χ0v) is 11.9. The second-order valence-corrected chi connectivity index (χ2v) is 6.56. The molecule has 6 heteroatoms. The van der Waals surface area contributed by atoms with Crippen molar-refractivity contribution in [2.75, 3.05) is 21.1 Å². The van der Waals surface area contributed by atoms with Crippen molar-refractivity contribution < 1.29 is 8.42 Å². The van der Waals surface area contributed by atoms with Crippen LogP contribution < -0.4 is 5.32 Å². The van der Waals surface area contributed by atoms with Crippen molar-refractivity contribution in [2.24, 2.45) is 0 Å². The Labute approximate surface area is 105 Å². The second kappa shape index (κ2) is 5.27.